The Balaban J connectivity index is 2.09. The van der Waals surface area contributed by atoms with E-state index < -0.39 is 0 Å². The van der Waals surface area contributed by atoms with Crippen LogP contribution in [0.25, 0.3) is 10.9 Å². The molecule has 0 unspecified atom stereocenters. The first-order valence-corrected chi connectivity index (χ1v) is 7.82. The molecular formula is C16H18BrN3O. The van der Waals surface area contributed by atoms with Crippen molar-refractivity contribution >= 4 is 26.8 Å². The SMILES string of the molecule is CCc1nn(C)c(Cn2ccc3cccc(CO)c32)c1Br. The van der Waals surface area contributed by atoms with Gasteiger partial charge in [0.2, 0.25) is 0 Å². The molecule has 0 fully saturated rings. The van der Waals surface area contributed by atoms with Crippen LogP contribution in [0.2, 0.25) is 0 Å². The Bertz CT molecular complexity index is 788. The van der Waals surface area contributed by atoms with Crippen molar-refractivity contribution in [2.24, 2.45) is 7.05 Å². The van der Waals surface area contributed by atoms with Gasteiger partial charge in [-0.1, -0.05) is 25.1 Å². The Morgan fingerprint density at radius 1 is 1.29 bits per heavy atom. The summed E-state index contributed by atoms with van der Waals surface area (Å²) in [5, 5.41) is 15.2. The number of nitrogens with zero attached hydrogens (tertiary/aromatic N) is 3. The van der Waals surface area contributed by atoms with Crippen molar-refractivity contribution in [3.05, 3.63) is 51.9 Å². The van der Waals surface area contributed by atoms with Crippen molar-refractivity contribution < 1.29 is 5.11 Å². The van der Waals surface area contributed by atoms with Gasteiger partial charge in [0, 0.05) is 18.8 Å². The average Bonchev–Trinajstić information content (AvgIpc) is 3.03. The number of aliphatic hydroxyl groups excluding tert-OH is 1. The minimum absolute atomic E-state index is 0.0497. The van der Waals surface area contributed by atoms with E-state index in [0.29, 0.717) is 0 Å². The molecule has 5 heteroatoms. The molecule has 0 amide bonds. The molecule has 0 aliphatic rings. The Morgan fingerprint density at radius 2 is 2.10 bits per heavy atom. The van der Waals surface area contributed by atoms with Gasteiger partial charge in [0.1, 0.15) is 0 Å². The number of benzene rings is 1. The molecule has 1 aromatic carbocycles. The number of halogens is 1. The van der Waals surface area contributed by atoms with Crippen LogP contribution in [0.5, 0.6) is 0 Å². The maximum Gasteiger partial charge on any atom is 0.0767 e. The zero-order valence-corrected chi connectivity index (χ0v) is 13.8. The third-order valence-corrected chi connectivity index (χ3v) is 4.78. The lowest BCUT2D eigenvalue weighted by molar-refractivity contribution is 0.283. The van der Waals surface area contributed by atoms with Gasteiger partial charge in [-0.05, 0) is 33.8 Å². The molecule has 0 spiro atoms. The summed E-state index contributed by atoms with van der Waals surface area (Å²) in [6, 6.07) is 8.10. The largest absolute Gasteiger partial charge is 0.392 e. The van der Waals surface area contributed by atoms with Gasteiger partial charge in [-0.3, -0.25) is 4.68 Å². The van der Waals surface area contributed by atoms with E-state index in [4.69, 9.17) is 0 Å². The molecule has 0 saturated carbocycles. The second-order valence-corrected chi connectivity index (χ2v) is 5.93. The van der Waals surface area contributed by atoms with Crippen molar-refractivity contribution in [1.29, 1.82) is 0 Å². The monoisotopic (exact) mass is 347 g/mol. The average molecular weight is 348 g/mol. The molecule has 4 nitrogen and oxygen atoms in total. The quantitative estimate of drug-likeness (QED) is 0.787. The smallest absolute Gasteiger partial charge is 0.0767 e. The van der Waals surface area contributed by atoms with E-state index in [1.807, 2.05) is 23.9 Å². The summed E-state index contributed by atoms with van der Waals surface area (Å²) in [5.74, 6) is 0. The van der Waals surface area contributed by atoms with Crippen molar-refractivity contribution in [2.75, 3.05) is 0 Å². The number of fused-ring (bicyclic) bond motifs is 1. The first kappa shape index (κ1) is 14.4. The van der Waals surface area contributed by atoms with Gasteiger partial charge in [0.25, 0.3) is 0 Å². The predicted octanol–water partition coefficient (Wildman–Crippen LogP) is 3.24. The number of aromatic nitrogens is 3. The maximum atomic E-state index is 9.56. The van der Waals surface area contributed by atoms with Crippen LogP contribution in [0, 0.1) is 0 Å². The summed E-state index contributed by atoms with van der Waals surface area (Å²) in [5.41, 5.74) is 4.25. The topological polar surface area (TPSA) is 43.0 Å². The van der Waals surface area contributed by atoms with Crippen LogP contribution in [-0.2, 0) is 26.6 Å². The molecule has 0 aliphatic heterocycles. The Labute approximate surface area is 132 Å². The minimum atomic E-state index is 0.0497. The number of rotatable bonds is 4. The van der Waals surface area contributed by atoms with Gasteiger partial charge in [-0.2, -0.15) is 5.10 Å². The van der Waals surface area contributed by atoms with E-state index in [1.165, 1.54) is 0 Å². The van der Waals surface area contributed by atoms with Crippen LogP contribution >= 0.6 is 15.9 Å². The second-order valence-electron chi connectivity index (χ2n) is 5.14. The lowest BCUT2D eigenvalue weighted by Crippen LogP contribution is -2.06. The van der Waals surface area contributed by atoms with E-state index in [2.05, 4.69) is 50.8 Å². The van der Waals surface area contributed by atoms with Gasteiger partial charge in [0.15, 0.2) is 0 Å². The van der Waals surface area contributed by atoms with Crippen LogP contribution in [0.15, 0.2) is 34.9 Å². The molecule has 21 heavy (non-hydrogen) atoms. The maximum absolute atomic E-state index is 9.56. The van der Waals surface area contributed by atoms with Crippen LogP contribution < -0.4 is 0 Å². The Morgan fingerprint density at radius 3 is 2.76 bits per heavy atom. The number of para-hydroxylation sites is 1. The molecule has 3 rings (SSSR count). The van der Waals surface area contributed by atoms with Gasteiger partial charge in [-0.15, -0.1) is 0 Å². The van der Waals surface area contributed by atoms with Crippen molar-refractivity contribution in [3.63, 3.8) is 0 Å². The van der Waals surface area contributed by atoms with Crippen LogP contribution in [0.4, 0.5) is 0 Å². The van der Waals surface area contributed by atoms with E-state index in [-0.39, 0.29) is 6.61 Å². The van der Waals surface area contributed by atoms with Gasteiger partial charge in [-0.25, -0.2) is 0 Å². The highest BCUT2D eigenvalue weighted by molar-refractivity contribution is 9.10. The first-order chi connectivity index (χ1) is 10.2. The molecule has 0 radical (unpaired) electrons. The van der Waals surface area contributed by atoms with Gasteiger partial charge >= 0.3 is 0 Å². The first-order valence-electron chi connectivity index (χ1n) is 7.03. The minimum Gasteiger partial charge on any atom is -0.392 e. The van der Waals surface area contributed by atoms with E-state index >= 15 is 0 Å². The van der Waals surface area contributed by atoms with E-state index in [9.17, 15) is 5.11 Å². The molecule has 2 heterocycles. The molecule has 2 aromatic heterocycles. The van der Waals surface area contributed by atoms with Crippen LogP contribution in [0.1, 0.15) is 23.9 Å². The normalized spacial score (nSPS) is 11.4. The molecule has 3 aromatic rings. The zero-order valence-electron chi connectivity index (χ0n) is 12.2. The van der Waals surface area contributed by atoms with E-state index in [0.717, 1.165) is 45.3 Å². The molecule has 0 bridgehead atoms. The number of hydrogen-bond donors (Lipinski definition) is 1. The summed E-state index contributed by atoms with van der Waals surface area (Å²) in [4.78, 5) is 0. The summed E-state index contributed by atoms with van der Waals surface area (Å²) >= 11 is 3.66. The third-order valence-electron chi connectivity index (χ3n) is 3.87. The highest BCUT2D eigenvalue weighted by atomic mass is 79.9. The van der Waals surface area contributed by atoms with Crippen molar-refractivity contribution in [2.45, 2.75) is 26.5 Å². The summed E-state index contributed by atoms with van der Waals surface area (Å²) in [7, 11) is 1.97. The summed E-state index contributed by atoms with van der Waals surface area (Å²) in [6.45, 7) is 2.88. The Kier molecular flexibility index (Phi) is 3.87. The molecular weight excluding hydrogens is 330 g/mol. The van der Waals surface area contributed by atoms with E-state index in [1.54, 1.807) is 0 Å². The fraction of sp³-hybridized carbons (Fsp3) is 0.312. The lowest BCUT2D eigenvalue weighted by atomic mass is 10.1. The highest BCUT2D eigenvalue weighted by Crippen LogP contribution is 2.26. The van der Waals surface area contributed by atoms with Crippen LogP contribution in [0.3, 0.4) is 0 Å². The van der Waals surface area contributed by atoms with Crippen molar-refractivity contribution in [3.8, 4) is 0 Å². The molecule has 1 N–H and O–H groups in total. The molecule has 0 atom stereocenters. The number of aliphatic hydroxyl groups is 1. The van der Waals surface area contributed by atoms with Crippen molar-refractivity contribution in [1.82, 2.24) is 14.3 Å². The number of aryl methyl sites for hydroxylation is 2. The second kappa shape index (κ2) is 5.66. The summed E-state index contributed by atoms with van der Waals surface area (Å²) in [6.07, 6.45) is 2.97. The highest BCUT2D eigenvalue weighted by Gasteiger charge is 2.14. The standard InChI is InChI=1S/C16H18BrN3O/c1-3-13-15(17)14(19(2)18-13)9-20-8-7-11-5-4-6-12(10-21)16(11)20/h4-8,21H,3,9-10H2,1-2H3. The third kappa shape index (κ3) is 2.40. The fourth-order valence-electron chi connectivity index (χ4n) is 2.75. The Hall–Kier alpha value is -1.59. The van der Waals surface area contributed by atoms with Crippen LogP contribution in [-0.4, -0.2) is 19.5 Å². The van der Waals surface area contributed by atoms with Gasteiger partial charge in [0.05, 0.1) is 34.5 Å². The molecule has 0 saturated heterocycles. The van der Waals surface area contributed by atoms with Gasteiger partial charge < -0.3 is 9.67 Å². The molecule has 110 valence electrons. The zero-order chi connectivity index (χ0) is 15.0. The summed E-state index contributed by atoms with van der Waals surface area (Å²) < 4.78 is 5.18. The molecule has 0 aliphatic carbocycles. The lowest BCUT2D eigenvalue weighted by Gasteiger charge is -2.09. The predicted molar refractivity (Wildman–Crippen MR) is 87.2 cm³/mol. The fourth-order valence-corrected chi connectivity index (χ4v) is 3.49. The number of hydrogen-bond acceptors (Lipinski definition) is 2.